The van der Waals surface area contributed by atoms with E-state index in [4.69, 9.17) is 27.6 Å². The number of aryl methyl sites for hydroxylation is 2. The maximum atomic E-state index is 6.05. The standard InChI is InChI=1S/C12H12Cl2N2O/c1-7-8(2)17-11(16-7)6-15-10-5-3-4-9(13)12(10)14/h3-5,15H,6H2,1-2H3. The molecule has 5 heteroatoms. The summed E-state index contributed by atoms with van der Waals surface area (Å²) >= 11 is 12.0. The van der Waals surface area contributed by atoms with E-state index in [0.717, 1.165) is 17.1 Å². The van der Waals surface area contributed by atoms with Crippen LogP contribution in [0.5, 0.6) is 0 Å². The molecule has 0 spiro atoms. The minimum absolute atomic E-state index is 0.481. The Labute approximate surface area is 110 Å². The SMILES string of the molecule is Cc1nc(CNc2cccc(Cl)c2Cl)oc1C. The maximum Gasteiger partial charge on any atom is 0.213 e. The molecule has 0 aliphatic carbocycles. The van der Waals surface area contributed by atoms with Gasteiger partial charge in [-0.25, -0.2) is 4.98 Å². The molecule has 0 radical (unpaired) electrons. The van der Waals surface area contributed by atoms with E-state index in [0.29, 0.717) is 22.5 Å². The third-order valence-corrected chi connectivity index (χ3v) is 3.27. The van der Waals surface area contributed by atoms with Gasteiger partial charge in [0.1, 0.15) is 5.76 Å². The third kappa shape index (κ3) is 2.73. The molecule has 0 fully saturated rings. The van der Waals surface area contributed by atoms with Crippen molar-refractivity contribution in [3.63, 3.8) is 0 Å². The molecule has 0 amide bonds. The van der Waals surface area contributed by atoms with Crippen LogP contribution in [-0.4, -0.2) is 4.98 Å². The van der Waals surface area contributed by atoms with Gasteiger partial charge in [0.2, 0.25) is 5.89 Å². The van der Waals surface area contributed by atoms with Crippen LogP contribution >= 0.6 is 23.2 Å². The Morgan fingerprint density at radius 2 is 2.06 bits per heavy atom. The van der Waals surface area contributed by atoms with Crippen molar-refractivity contribution in [1.82, 2.24) is 4.98 Å². The van der Waals surface area contributed by atoms with E-state index in [9.17, 15) is 0 Å². The molecule has 0 bridgehead atoms. The zero-order valence-electron chi connectivity index (χ0n) is 9.55. The van der Waals surface area contributed by atoms with Crippen LogP contribution in [0.4, 0.5) is 5.69 Å². The van der Waals surface area contributed by atoms with E-state index in [-0.39, 0.29) is 0 Å². The van der Waals surface area contributed by atoms with Crippen LogP contribution in [0.25, 0.3) is 0 Å². The van der Waals surface area contributed by atoms with Crippen molar-refractivity contribution in [2.45, 2.75) is 20.4 Å². The van der Waals surface area contributed by atoms with Gasteiger partial charge < -0.3 is 9.73 Å². The lowest BCUT2D eigenvalue weighted by atomic mass is 10.3. The second-order valence-electron chi connectivity index (χ2n) is 3.70. The van der Waals surface area contributed by atoms with Crippen LogP contribution in [0, 0.1) is 13.8 Å². The number of rotatable bonds is 3. The second kappa shape index (κ2) is 4.98. The summed E-state index contributed by atoms with van der Waals surface area (Å²) in [6.45, 7) is 4.28. The highest BCUT2D eigenvalue weighted by atomic mass is 35.5. The van der Waals surface area contributed by atoms with Crippen LogP contribution in [0.1, 0.15) is 17.3 Å². The molecule has 17 heavy (non-hydrogen) atoms. The molecular formula is C12H12Cl2N2O. The van der Waals surface area contributed by atoms with Crippen molar-refractivity contribution in [1.29, 1.82) is 0 Å². The first-order valence-electron chi connectivity index (χ1n) is 5.18. The number of anilines is 1. The lowest BCUT2D eigenvalue weighted by molar-refractivity contribution is 0.478. The summed E-state index contributed by atoms with van der Waals surface area (Å²) in [6, 6.07) is 5.44. The quantitative estimate of drug-likeness (QED) is 0.908. The molecule has 1 heterocycles. The maximum absolute atomic E-state index is 6.05. The average molecular weight is 271 g/mol. The summed E-state index contributed by atoms with van der Waals surface area (Å²) in [6.07, 6.45) is 0. The van der Waals surface area contributed by atoms with Crippen LogP contribution in [-0.2, 0) is 6.54 Å². The molecule has 0 aliphatic heterocycles. The number of oxazole rings is 1. The average Bonchev–Trinajstić information content (AvgIpc) is 2.61. The van der Waals surface area contributed by atoms with Crippen molar-refractivity contribution in [2.24, 2.45) is 0 Å². The topological polar surface area (TPSA) is 38.1 Å². The highest BCUT2D eigenvalue weighted by molar-refractivity contribution is 6.43. The molecule has 1 N–H and O–H groups in total. The summed E-state index contributed by atoms with van der Waals surface area (Å²) in [5.74, 6) is 1.47. The first-order valence-corrected chi connectivity index (χ1v) is 5.94. The molecule has 1 aromatic heterocycles. The molecule has 90 valence electrons. The molecule has 0 atom stereocenters. The summed E-state index contributed by atoms with van der Waals surface area (Å²) in [7, 11) is 0. The van der Waals surface area contributed by atoms with E-state index in [1.807, 2.05) is 26.0 Å². The molecule has 1 aromatic carbocycles. The van der Waals surface area contributed by atoms with E-state index in [1.54, 1.807) is 6.07 Å². The number of aromatic nitrogens is 1. The van der Waals surface area contributed by atoms with Crippen molar-refractivity contribution >= 4 is 28.9 Å². The Hall–Kier alpha value is -1.19. The van der Waals surface area contributed by atoms with E-state index in [2.05, 4.69) is 10.3 Å². The number of hydrogen-bond donors (Lipinski definition) is 1. The fourth-order valence-electron chi connectivity index (χ4n) is 1.43. The highest BCUT2D eigenvalue weighted by Gasteiger charge is 2.07. The normalized spacial score (nSPS) is 10.6. The Morgan fingerprint density at radius 1 is 1.29 bits per heavy atom. The van der Waals surface area contributed by atoms with Gasteiger partial charge in [-0.1, -0.05) is 29.3 Å². The monoisotopic (exact) mass is 270 g/mol. The number of nitrogens with zero attached hydrogens (tertiary/aromatic N) is 1. The Morgan fingerprint density at radius 3 is 2.71 bits per heavy atom. The van der Waals surface area contributed by atoms with Gasteiger partial charge in [0.05, 0.1) is 28.0 Å². The van der Waals surface area contributed by atoms with Crippen LogP contribution in [0.15, 0.2) is 22.6 Å². The summed E-state index contributed by atoms with van der Waals surface area (Å²) in [4.78, 5) is 4.27. The number of nitrogens with one attached hydrogen (secondary N) is 1. The van der Waals surface area contributed by atoms with Crippen molar-refractivity contribution in [3.8, 4) is 0 Å². The first kappa shape index (κ1) is 12.3. The van der Waals surface area contributed by atoms with E-state index < -0.39 is 0 Å². The summed E-state index contributed by atoms with van der Waals surface area (Å²) in [5, 5.41) is 4.17. The molecule has 0 aliphatic rings. The van der Waals surface area contributed by atoms with Gasteiger partial charge >= 0.3 is 0 Å². The Kier molecular flexibility index (Phi) is 3.60. The Bertz CT molecular complexity index is 518. The predicted octanol–water partition coefficient (Wildman–Crippen LogP) is 4.21. The summed E-state index contributed by atoms with van der Waals surface area (Å²) in [5.41, 5.74) is 1.67. The zero-order chi connectivity index (χ0) is 12.4. The van der Waals surface area contributed by atoms with Crippen molar-refractivity contribution in [3.05, 3.63) is 45.6 Å². The highest BCUT2D eigenvalue weighted by Crippen LogP contribution is 2.29. The molecule has 2 aromatic rings. The molecule has 2 rings (SSSR count). The number of benzene rings is 1. The molecular weight excluding hydrogens is 259 g/mol. The van der Waals surface area contributed by atoms with E-state index in [1.165, 1.54) is 0 Å². The molecule has 0 saturated heterocycles. The van der Waals surface area contributed by atoms with Crippen LogP contribution in [0.2, 0.25) is 10.0 Å². The third-order valence-electron chi connectivity index (χ3n) is 2.45. The fraction of sp³-hybridized carbons (Fsp3) is 0.250. The smallest absolute Gasteiger partial charge is 0.213 e. The largest absolute Gasteiger partial charge is 0.444 e. The predicted molar refractivity (Wildman–Crippen MR) is 69.8 cm³/mol. The fourth-order valence-corrected chi connectivity index (χ4v) is 1.79. The summed E-state index contributed by atoms with van der Waals surface area (Å²) < 4.78 is 5.46. The van der Waals surface area contributed by atoms with E-state index >= 15 is 0 Å². The lowest BCUT2D eigenvalue weighted by Gasteiger charge is -2.06. The van der Waals surface area contributed by atoms with Crippen LogP contribution < -0.4 is 5.32 Å². The van der Waals surface area contributed by atoms with Gasteiger partial charge in [-0.2, -0.15) is 0 Å². The molecule has 3 nitrogen and oxygen atoms in total. The lowest BCUT2D eigenvalue weighted by Crippen LogP contribution is -2.00. The van der Waals surface area contributed by atoms with Gasteiger partial charge in [-0.3, -0.25) is 0 Å². The first-order chi connectivity index (χ1) is 8.08. The van der Waals surface area contributed by atoms with Crippen molar-refractivity contribution < 1.29 is 4.42 Å². The van der Waals surface area contributed by atoms with Gasteiger partial charge in [-0.05, 0) is 26.0 Å². The number of halogens is 2. The van der Waals surface area contributed by atoms with Gasteiger partial charge in [0.25, 0.3) is 0 Å². The number of hydrogen-bond acceptors (Lipinski definition) is 3. The minimum atomic E-state index is 0.481. The molecule has 0 unspecified atom stereocenters. The zero-order valence-corrected chi connectivity index (χ0v) is 11.1. The minimum Gasteiger partial charge on any atom is -0.444 e. The second-order valence-corrected chi connectivity index (χ2v) is 4.49. The van der Waals surface area contributed by atoms with Gasteiger partial charge in [0, 0.05) is 0 Å². The molecule has 0 saturated carbocycles. The van der Waals surface area contributed by atoms with Gasteiger partial charge in [0.15, 0.2) is 0 Å². The Balaban J connectivity index is 2.10. The van der Waals surface area contributed by atoms with Gasteiger partial charge in [-0.15, -0.1) is 0 Å². The van der Waals surface area contributed by atoms with Crippen molar-refractivity contribution in [2.75, 3.05) is 5.32 Å². The van der Waals surface area contributed by atoms with Crippen LogP contribution in [0.3, 0.4) is 0 Å².